The Balaban J connectivity index is 2.94. The van der Waals surface area contributed by atoms with Gasteiger partial charge in [-0.2, -0.15) is 0 Å². The molecule has 4 nitrogen and oxygen atoms in total. The molecule has 0 bridgehead atoms. The molecule has 0 saturated carbocycles. The Morgan fingerprint density at radius 2 is 2.07 bits per heavy atom. The second-order valence-corrected chi connectivity index (χ2v) is 3.93. The van der Waals surface area contributed by atoms with Crippen LogP contribution in [0.25, 0.3) is 0 Å². The zero-order valence-corrected chi connectivity index (χ0v) is 8.63. The topological polar surface area (TPSA) is 49.4 Å². The van der Waals surface area contributed by atoms with Gasteiger partial charge in [0.2, 0.25) is 11.8 Å². The van der Waals surface area contributed by atoms with Crippen LogP contribution in [0.2, 0.25) is 0 Å². The Morgan fingerprint density at radius 1 is 1.50 bits per heavy atom. The van der Waals surface area contributed by atoms with E-state index in [0.717, 1.165) is 0 Å². The van der Waals surface area contributed by atoms with E-state index < -0.39 is 18.3 Å². The molecule has 5 heteroatoms. The first-order chi connectivity index (χ1) is 6.41. The van der Waals surface area contributed by atoms with E-state index >= 15 is 0 Å². The summed E-state index contributed by atoms with van der Waals surface area (Å²) in [5, 5.41) is 2.56. The number of carbonyl (C=O) groups is 2. The van der Waals surface area contributed by atoms with E-state index in [-0.39, 0.29) is 18.4 Å². The van der Waals surface area contributed by atoms with Crippen LogP contribution in [0.5, 0.6) is 0 Å². The lowest BCUT2D eigenvalue weighted by Gasteiger charge is -2.43. The maximum absolute atomic E-state index is 12.2. The SMILES string of the molecule is CC1NC(=O)C(C)(C)N(CCF)C1=O. The normalized spacial score (nSPS) is 26.3. The molecule has 0 aliphatic carbocycles. The van der Waals surface area contributed by atoms with Gasteiger partial charge in [-0.15, -0.1) is 0 Å². The fraction of sp³-hybridized carbons (Fsp3) is 0.778. The first-order valence-corrected chi connectivity index (χ1v) is 4.59. The fourth-order valence-corrected chi connectivity index (χ4v) is 1.54. The van der Waals surface area contributed by atoms with Gasteiger partial charge in [0.25, 0.3) is 0 Å². The van der Waals surface area contributed by atoms with Gasteiger partial charge in [0.1, 0.15) is 18.3 Å². The van der Waals surface area contributed by atoms with Gasteiger partial charge in [0.05, 0.1) is 6.54 Å². The third kappa shape index (κ3) is 1.58. The molecule has 2 amide bonds. The van der Waals surface area contributed by atoms with Crippen LogP contribution in [-0.4, -0.2) is 41.5 Å². The molecule has 0 spiro atoms. The monoisotopic (exact) mass is 202 g/mol. The number of halogens is 1. The largest absolute Gasteiger partial charge is 0.343 e. The molecule has 1 N–H and O–H groups in total. The molecule has 1 unspecified atom stereocenters. The minimum atomic E-state index is -0.949. The van der Waals surface area contributed by atoms with Crippen molar-refractivity contribution in [3.8, 4) is 0 Å². The van der Waals surface area contributed by atoms with Crippen LogP contribution >= 0.6 is 0 Å². The van der Waals surface area contributed by atoms with E-state index in [9.17, 15) is 14.0 Å². The number of nitrogens with one attached hydrogen (secondary N) is 1. The van der Waals surface area contributed by atoms with Crippen molar-refractivity contribution < 1.29 is 14.0 Å². The van der Waals surface area contributed by atoms with Gasteiger partial charge in [-0.1, -0.05) is 0 Å². The zero-order valence-electron chi connectivity index (χ0n) is 8.63. The highest BCUT2D eigenvalue weighted by Gasteiger charge is 2.44. The molecule has 0 aromatic heterocycles. The molecular weight excluding hydrogens is 187 g/mol. The van der Waals surface area contributed by atoms with Crippen molar-refractivity contribution in [2.45, 2.75) is 32.4 Å². The van der Waals surface area contributed by atoms with Crippen LogP contribution in [0.3, 0.4) is 0 Å². The molecule has 1 aliphatic heterocycles. The van der Waals surface area contributed by atoms with E-state index in [1.807, 2.05) is 0 Å². The summed E-state index contributed by atoms with van der Waals surface area (Å²) in [5.41, 5.74) is -0.949. The Kier molecular flexibility index (Phi) is 2.78. The van der Waals surface area contributed by atoms with Gasteiger partial charge < -0.3 is 10.2 Å². The molecule has 14 heavy (non-hydrogen) atoms. The molecule has 1 fully saturated rings. The lowest BCUT2D eigenvalue weighted by molar-refractivity contribution is -0.154. The summed E-state index contributed by atoms with van der Waals surface area (Å²) in [6.07, 6.45) is 0. The Labute approximate surface area is 82.5 Å². The van der Waals surface area contributed by atoms with Crippen molar-refractivity contribution in [3.63, 3.8) is 0 Å². The van der Waals surface area contributed by atoms with Crippen molar-refractivity contribution >= 4 is 11.8 Å². The van der Waals surface area contributed by atoms with E-state index in [2.05, 4.69) is 5.32 Å². The van der Waals surface area contributed by atoms with Gasteiger partial charge in [-0.25, -0.2) is 4.39 Å². The van der Waals surface area contributed by atoms with Crippen LogP contribution in [-0.2, 0) is 9.59 Å². The maximum Gasteiger partial charge on any atom is 0.246 e. The number of hydrogen-bond donors (Lipinski definition) is 1. The molecule has 80 valence electrons. The highest BCUT2D eigenvalue weighted by Crippen LogP contribution is 2.20. The third-order valence-electron chi connectivity index (χ3n) is 2.52. The van der Waals surface area contributed by atoms with Gasteiger partial charge in [0.15, 0.2) is 0 Å². The van der Waals surface area contributed by atoms with Crippen molar-refractivity contribution in [1.82, 2.24) is 10.2 Å². The first-order valence-electron chi connectivity index (χ1n) is 4.59. The summed E-state index contributed by atoms with van der Waals surface area (Å²) in [7, 11) is 0. The quantitative estimate of drug-likeness (QED) is 0.689. The standard InChI is InChI=1S/C9H15FN2O2/c1-6-7(13)12(5-4-10)9(2,3)8(14)11-6/h6H,4-5H2,1-3H3,(H,11,14). The second kappa shape index (κ2) is 3.55. The lowest BCUT2D eigenvalue weighted by Crippen LogP contribution is -2.67. The lowest BCUT2D eigenvalue weighted by atomic mass is 9.96. The molecule has 0 aromatic rings. The third-order valence-corrected chi connectivity index (χ3v) is 2.52. The molecule has 1 aliphatic rings. The van der Waals surface area contributed by atoms with Gasteiger partial charge in [0, 0.05) is 0 Å². The minimum Gasteiger partial charge on any atom is -0.343 e. The van der Waals surface area contributed by atoms with Crippen molar-refractivity contribution in [2.24, 2.45) is 0 Å². The number of nitrogens with zero attached hydrogens (tertiary/aromatic N) is 1. The predicted octanol–water partition coefficient (Wildman–Crippen LogP) is 0.0814. The first kappa shape index (κ1) is 10.9. The number of alkyl halides is 1. The number of rotatable bonds is 2. The smallest absolute Gasteiger partial charge is 0.246 e. The van der Waals surface area contributed by atoms with Crippen LogP contribution in [0.15, 0.2) is 0 Å². The summed E-state index contributed by atoms with van der Waals surface area (Å²) in [6, 6.07) is -0.554. The summed E-state index contributed by atoms with van der Waals surface area (Å²) >= 11 is 0. The molecule has 1 atom stereocenters. The van der Waals surface area contributed by atoms with E-state index in [1.165, 1.54) is 4.90 Å². The van der Waals surface area contributed by atoms with Crippen LogP contribution in [0, 0.1) is 0 Å². The Bertz CT molecular complexity index is 266. The highest BCUT2D eigenvalue weighted by molar-refractivity contribution is 5.99. The van der Waals surface area contributed by atoms with E-state index in [1.54, 1.807) is 20.8 Å². The number of carbonyl (C=O) groups excluding carboxylic acids is 2. The second-order valence-electron chi connectivity index (χ2n) is 3.93. The average molecular weight is 202 g/mol. The Hall–Kier alpha value is -1.13. The summed E-state index contributed by atoms with van der Waals surface area (Å²) < 4.78 is 12.2. The predicted molar refractivity (Wildman–Crippen MR) is 49.4 cm³/mol. The van der Waals surface area contributed by atoms with Gasteiger partial charge in [-0.3, -0.25) is 9.59 Å². The summed E-state index contributed by atoms with van der Waals surface area (Å²) in [6.45, 7) is 4.17. The summed E-state index contributed by atoms with van der Waals surface area (Å²) in [5.74, 6) is -0.467. The molecule has 0 aromatic carbocycles. The average Bonchev–Trinajstić information content (AvgIpc) is 2.10. The van der Waals surface area contributed by atoms with Crippen molar-refractivity contribution in [3.05, 3.63) is 0 Å². The molecule has 1 rings (SSSR count). The van der Waals surface area contributed by atoms with Crippen LogP contribution < -0.4 is 5.32 Å². The number of amides is 2. The van der Waals surface area contributed by atoms with Crippen molar-refractivity contribution in [1.29, 1.82) is 0 Å². The minimum absolute atomic E-state index is 0.0242. The fourth-order valence-electron chi connectivity index (χ4n) is 1.54. The number of piperazine rings is 1. The van der Waals surface area contributed by atoms with E-state index in [4.69, 9.17) is 0 Å². The molecule has 1 saturated heterocycles. The molecule has 1 heterocycles. The Morgan fingerprint density at radius 3 is 2.57 bits per heavy atom. The van der Waals surface area contributed by atoms with E-state index in [0.29, 0.717) is 0 Å². The van der Waals surface area contributed by atoms with Crippen molar-refractivity contribution in [2.75, 3.05) is 13.2 Å². The van der Waals surface area contributed by atoms with Crippen LogP contribution in [0.1, 0.15) is 20.8 Å². The van der Waals surface area contributed by atoms with Gasteiger partial charge in [-0.05, 0) is 20.8 Å². The maximum atomic E-state index is 12.2. The highest BCUT2D eigenvalue weighted by atomic mass is 19.1. The van der Waals surface area contributed by atoms with Gasteiger partial charge >= 0.3 is 0 Å². The molecular formula is C9H15FN2O2. The summed E-state index contributed by atoms with van der Waals surface area (Å²) in [4.78, 5) is 24.4. The molecule has 0 radical (unpaired) electrons. The number of hydrogen-bond acceptors (Lipinski definition) is 2. The van der Waals surface area contributed by atoms with Crippen LogP contribution in [0.4, 0.5) is 4.39 Å². The zero-order chi connectivity index (χ0) is 10.9.